The number of fused-ring (bicyclic) bond motifs is 4. The lowest BCUT2D eigenvalue weighted by Gasteiger charge is -2.60. The number of carbonyl (C=O) groups excluding carboxylic acids is 2. The highest BCUT2D eigenvalue weighted by Gasteiger charge is 2.57. The average Bonchev–Trinajstić information content (AvgIpc) is 3.31. The second kappa shape index (κ2) is 7.61. The highest BCUT2D eigenvalue weighted by Crippen LogP contribution is 2.57. The molecular weight excluding hydrogens is 412 g/mol. The molecule has 2 amide bonds. The molecule has 0 spiro atoms. The minimum Gasteiger partial charge on any atom is -0.508 e. The highest BCUT2D eigenvalue weighted by atomic mass is 16.3. The number of likely N-dealkylation sites (tertiary alicyclic amines) is 2. The van der Waals surface area contributed by atoms with Gasteiger partial charge in [0.15, 0.2) is 0 Å². The Hall–Kier alpha value is -2.82. The average molecular weight is 447 g/mol. The molecule has 2 saturated heterocycles. The summed E-state index contributed by atoms with van der Waals surface area (Å²) in [4.78, 5) is 30.5. The van der Waals surface area contributed by atoms with Crippen LogP contribution in [0.3, 0.4) is 0 Å². The normalized spacial score (nSPS) is 25.6. The quantitative estimate of drug-likeness (QED) is 0.728. The first-order valence-corrected chi connectivity index (χ1v) is 12.2. The van der Waals surface area contributed by atoms with Gasteiger partial charge in [-0.3, -0.25) is 9.59 Å². The van der Waals surface area contributed by atoms with Gasteiger partial charge in [-0.25, -0.2) is 0 Å². The third-order valence-corrected chi connectivity index (χ3v) is 8.99. The molecule has 1 aliphatic carbocycles. The third kappa shape index (κ3) is 3.19. The first-order valence-electron chi connectivity index (χ1n) is 12.2. The smallest absolute Gasteiger partial charge is 0.254 e. The van der Waals surface area contributed by atoms with E-state index >= 15 is 0 Å². The number of benzene rings is 2. The number of piperidine rings is 1. The van der Waals surface area contributed by atoms with Crippen molar-refractivity contribution in [1.29, 1.82) is 0 Å². The van der Waals surface area contributed by atoms with E-state index in [2.05, 4.69) is 26.8 Å². The zero-order valence-electron chi connectivity index (χ0n) is 20.1. The second-order valence-electron chi connectivity index (χ2n) is 10.9. The number of carbonyl (C=O) groups is 2. The van der Waals surface area contributed by atoms with E-state index in [0.717, 1.165) is 43.5 Å². The number of aromatic hydroxyl groups is 1. The van der Waals surface area contributed by atoms with Gasteiger partial charge in [-0.15, -0.1) is 0 Å². The first-order chi connectivity index (χ1) is 15.6. The largest absolute Gasteiger partial charge is 0.508 e. The molecular formula is C28H34N2O3. The van der Waals surface area contributed by atoms with Gasteiger partial charge >= 0.3 is 0 Å². The number of hydrogen-bond acceptors (Lipinski definition) is 3. The Morgan fingerprint density at radius 2 is 1.73 bits per heavy atom. The van der Waals surface area contributed by atoms with E-state index in [-0.39, 0.29) is 28.7 Å². The molecule has 5 nitrogen and oxygen atoms in total. The van der Waals surface area contributed by atoms with Crippen molar-refractivity contribution < 1.29 is 14.7 Å². The van der Waals surface area contributed by atoms with Crippen LogP contribution in [0.4, 0.5) is 0 Å². The maximum Gasteiger partial charge on any atom is 0.254 e. The van der Waals surface area contributed by atoms with Crippen molar-refractivity contribution >= 4 is 11.8 Å². The molecule has 2 aliphatic heterocycles. The Bertz CT molecular complexity index is 1130. The van der Waals surface area contributed by atoms with Crippen molar-refractivity contribution in [3.63, 3.8) is 0 Å². The fourth-order valence-electron chi connectivity index (χ4n) is 6.46. The molecule has 174 valence electrons. The fourth-order valence-corrected chi connectivity index (χ4v) is 6.46. The Kier molecular flexibility index (Phi) is 5.07. The number of amides is 2. The summed E-state index contributed by atoms with van der Waals surface area (Å²) in [6.07, 6.45) is 3.63. The van der Waals surface area contributed by atoms with E-state index in [0.29, 0.717) is 29.8 Å². The summed E-state index contributed by atoms with van der Waals surface area (Å²) in [6, 6.07) is 11.3. The highest BCUT2D eigenvalue weighted by molar-refractivity contribution is 5.99. The minimum absolute atomic E-state index is 0.00392. The molecule has 1 N–H and O–H groups in total. The second-order valence-corrected chi connectivity index (χ2v) is 10.9. The summed E-state index contributed by atoms with van der Waals surface area (Å²) in [5, 5.41) is 10.6. The topological polar surface area (TPSA) is 60.9 Å². The van der Waals surface area contributed by atoms with E-state index in [1.54, 1.807) is 6.07 Å². The number of phenols is 1. The number of aryl methyl sites for hydroxylation is 1. The van der Waals surface area contributed by atoms with Crippen LogP contribution >= 0.6 is 0 Å². The molecule has 5 heteroatoms. The van der Waals surface area contributed by atoms with Crippen LogP contribution in [0.25, 0.3) is 0 Å². The number of nitrogens with zero attached hydrogens (tertiary/aromatic N) is 2. The molecule has 2 aromatic rings. The van der Waals surface area contributed by atoms with Crippen molar-refractivity contribution in [3.8, 4) is 5.75 Å². The van der Waals surface area contributed by atoms with Crippen LogP contribution in [0.15, 0.2) is 36.4 Å². The van der Waals surface area contributed by atoms with Crippen molar-refractivity contribution in [1.82, 2.24) is 9.80 Å². The van der Waals surface area contributed by atoms with Gasteiger partial charge < -0.3 is 14.9 Å². The molecule has 0 aromatic heterocycles. The van der Waals surface area contributed by atoms with Gasteiger partial charge in [-0.1, -0.05) is 32.9 Å². The van der Waals surface area contributed by atoms with Crippen LogP contribution in [0.5, 0.6) is 5.75 Å². The van der Waals surface area contributed by atoms with Gasteiger partial charge in [0.05, 0.1) is 0 Å². The maximum atomic E-state index is 13.7. The molecule has 33 heavy (non-hydrogen) atoms. The van der Waals surface area contributed by atoms with E-state index in [1.807, 2.05) is 41.0 Å². The van der Waals surface area contributed by atoms with Gasteiger partial charge in [-0.2, -0.15) is 0 Å². The first kappa shape index (κ1) is 22.0. The zero-order chi connectivity index (χ0) is 23.5. The summed E-state index contributed by atoms with van der Waals surface area (Å²) < 4.78 is 0. The van der Waals surface area contributed by atoms with Crippen molar-refractivity contribution in [2.75, 3.05) is 19.6 Å². The molecule has 2 heterocycles. The maximum absolute atomic E-state index is 13.7. The van der Waals surface area contributed by atoms with Crippen LogP contribution in [0, 0.1) is 12.3 Å². The van der Waals surface area contributed by atoms with Gasteiger partial charge in [0.2, 0.25) is 0 Å². The molecule has 2 fully saturated rings. The molecule has 2 aromatic carbocycles. The molecule has 5 rings (SSSR count). The predicted molar refractivity (Wildman–Crippen MR) is 129 cm³/mol. The summed E-state index contributed by atoms with van der Waals surface area (Å²) >= 11 is 0. The van der Waals surface area contributed by atoms with Crippen LogP contribution in [-0.4, -0.2) is 52.4 Å². The number of hydrogen-bond donors (Lipinski definition) is 1. The molecule has 2 bridgehead atoms. The lowest BCUT2D eigenvalue weighted by molar-refractivity contribution is -0.0266. The summed E-state index contributed by atoms with van der Waals surface area (Å²) in [5.74, 6) is 0.407. The summed E-state index contributed by atoms with van der Waals surface area (Å²) in [6.45, 7) is 11.0. The standard InChI is InChI=1S/C28H34N2O3/c1-18-16-19(10-11-20(18)26(33)29-13-5-6-14-29)25(32)30-15-12-28(4)22-8-7-9-23(31)21(22)17-24(30)27(28,2)3/h7-11,16,24,31H,5-6,12-15,17H2,1-4H3. The lowest BCUT2D eigenvalue weighted by atomic mass is 9.51. The molecule has 0 saturated carbocycles. The number of phenolic OH excluding ortho intramolecular Hbond substituents is 1. The van der Waals surface area contributed by atoms with E-state index in [4.69, 9.17) is 0 Å². The van der Waals surface area contributed by atoms with Crippen molar-refractivity contribution in [2.45, 2.75) is 64.8 Å². The van der Waals surface area contributed by atoms with Gasteiger partial charge in [0, 0.05) is 42.2 Å². The third-order valence-electron chi connectivity index (χ3n) is 8.99. The van der Waals surface area contributed by atoms with Crippen LogP contribution < -0.4 is 0 Å². The zero-order valence-corrected chi connectivity index (χ0v) is 20.1. The SMILES string of the molecule is Cc1cc(C(=O)N2CCC3(C)c4cccc(O)c4CC2C3(C)C)ccc1C(=O)N1CCCC1. The fraction of sp³-hybridized carbons (Fsp3) is 0.500. The van der Waals surface area contributed by atoms with Gasteiger partial charge in [0.25, 0.3) is 11.8 Å². The van der Waals surface area contributed by atoms with Crippen LogP contribution in [0.2, 0.25) is 0 Å². The molecule has 3 aliphatic rings. The monoisotopic (exact) mass is 446 g/mol. The summed E-state index contributed by atoms with van der Waals surface area (Å²) in [5.41, 5.74) is 4.13. The van der Waals surface area contributed by atoms with Gasteiger partial charge in [0.1, 0.15) is 5.75 Å². The Balaban J connectivity index is 1.46. The van der Waals surface area contributed by atoms with Gasteiger partial charge in [-0.05, 0) is 79.0 Å². The van der Waals surface area contributed by atoms with Crippen LogP contribution in [0.1, 0.15) is 77.4 Å². The van der Waals surface area contributed by atoms with Crippen molar-refractivity contribution in [3.05, 3.63) is 64.2 Å². The van der Waals surface area contributed by atoms with Crippen molar-refractivity contribution in [2.24, 2.45) is 5.41 Å². The van der Waals surface area contributed by atoms with E-state index in [1.165, 1.54) is 5.56 Å². The number of rotatable bonds is 2. The molecule has 0 radical (unpaired) electrons. The predicted octanol–water partition coefficient (Wildman–Crippen LogP) is 4.69. The lowest BCUT2D eigenvalue weighted by Crippen LogP contribution is -2.64. The Labute approximate surface area is 196 Å². The Morgan fingerprint density at radius 3 is 2.42 bits per heavy atom. The molecule has 2 unspecified atom stereocenters. The molecule has 2 atom stereocenters. The van der Waals surface area contributed by atoms with E-state index < -0.39 is 0 Å². The van der Waals surface area contributed by atoms with Crippen LogP contribution in [-0.2, 0) is 11.8 Å². The Morgan fingerprint density at radius 1 is 1.00 bits per heavy atom. The van der Waals surface area contributed by atoms with E-state index in [9.17, 15) is 14.7 Å². The summed E-state index contributed by atoms with van der Waals surface area (Å²) in [7, 11) is 0. The minimum atomic E-state index is -0.137.